The fourth-order valence-electron chi connectivity index (χ4n) is 2.24. The first-order valence-electron chi connectivity index (χ1n) is 7.24. The van der Waals surface area contributed by atoms with E-state index in [4.69, 9.17) is 4.42 Å². The van der Waals surface area contributed by atoms with Crippen LogP contribution in [0.2, 0.25) is 0 Å². The Bertz CT molecular complexity index is 467. The van der Waals surface area contributed by atoms with E-state index >= 15 is 0 Å². The van der Waals surface area contributed by atoms with Gasteiger partial charge in [-0.1, -0.05) is 0 Å². The van der Waals surface area contributed by atoms with Gasteiger partial charge in [-0.2, -0.15) is 0 Å². The van der Waals surface area contributed by atoms with Gasteiger partial charge in [0.15, 0.2) is 0 Å². The lowest BCUT2D eigenvalue weighted by Gasteiger charge is -2.24. The van der Waals surface area contributed by atoms with Crippen molar-refractivity contribution in [2.24, 2.45) is 0 Å². The molecule has 4 nitrogen and oxygen atoms in total. The van der Waals surface area contributed by atoms with E-state index in [1.165, 1.54) is 5.56 Å². The number of furan rings is 1. The minimum Gasteiger partial charge on any atom is -0.463 e. The van der Waals surface area contributed by atoms with E-state index in [2.05, 4.69) is 44.0 Å². The van der Waals surface area contributed by atoms with Crippen LogP contribution in [0.3, 0.4) is 0 Å². The van der Waals surface area contributed by atoms with Crippen molar-refractivity contribution in [3.8, 4) is 0 Å². The van der Waals surface area contributed by atoms with Crippen molar-refractivity contribution in [1.29, 1.82) is 0 Å². The first-order chi connectivity index (χ1) is 9.33. The molecule has 2 heterocycles. The lowest BCUT2D eigenvalue weighted by Crippen LogP contribution is -2.37. The number of nitrogens with zero attached hydrogens (tertiary/aromatic N) is 1. The molecule has 1 aliphatic heterocycles. The molecule has 5 heteroatoms. The Morgan fingerprint density at radius 2 is 2.00 bits per heavy atom. The lowest BCUT2D eigenvalue weighted by atomic mass is 10.1. The molecule has 0 atom stereocenters. The molecular weight excluding hydrogens is 272 g/mol. The van der Waals surface area contributed by atoms with E-state index in [-0.39, 0.29) is 5.54 Å². The highest BCUT2D eigenvalue weighted by Crippen LogP contribution is 2.18. The maximum absolute atomic E-state index is 11.4. The molecule has 1 fully saturated rings. The predicted molar refractivity (Wildman–Crippen MR) is 83.2 cm³/mol. The quantitative estimate of drug-likeness (QED) is 0.924. The second-order valence-electron chi connectivity index (χ2n) is 6.55. The van der Waals surface area contributed by atoms with Crippen LogP contribution in [0.15, 0.2) is 10.5 Å². The van der Waals surface area contributed by atoms with Crippen LogP contribution < -0.4 is 5.32 Å². The molecule has 0 bridgehead atoms. The van der Waals surface area contributed by atoms with Gasteiger partial charge in [-0.3, -0.25) is 9.11 Å². The van der Waals surface area contributed by atoms with E-state index in [1.54, 1.807) is 0 Å². The summed E-state index contributed by atoms with van der Waals surface area (Å²) < 4.78 is 17.3. The average molecular weight is 298 g/mol. The van der Waals surface area contributed by atoms with Crippen LogP contribution in [-0.4, -0.2) is 39.2 Å². The zero-order chi connectivity index (χ0) is 14.8. The SMILES string of the molecule is Cc1cc(CN2CCS(=O)CC2)oc1CNC(C)(C)C. The number of hydrogen-bond donors (Lipinski definition) is 1. The normalized spacial score (nSPS) is 18.6. The predicted octanol–water partition coefficient (Wildman–Crippen LogP) is 2.04. The van der Waals surface area contributed by atoms with Gasteiger partial charge in [0.1, 0.15) is 11.5 Å². The molecule has 0 spiro atoms. The van der Waals surface area contributed by atoms with Gasteiger partial charge >= 0.3 is 0 Å². The second kappa shape index (κ2) is 6.41. The van der Waals surface area contributed by atoms with E-state index in [9.17, 15) is 4.21 Å². The molecule has 114 valence electrons. The van der Waals surface area contributed by atoms with Gasteiger partial charge in [0, 0.05) is 40.9 Å². The molecule has 1 aromatic rings. The van der Waals surface area contributed by atoms with Crippen LogP contribution in [-0.2, 0) is 23.9 Å². The summed E-state index contributed by atoms with van der Waals surface area (Å²) in [6.07, 6.45) is 0. The largest absolute Gasteiger partial charge is 0.463 e. The molecule has 0 radical (unpaired) electrons. The minimum absolute atomic E-state index is 0.0936. The standard InChI is InChI=1S/C15H26N2O2S/c1-12-9-13(11-17-5-7-20(18)8-6-17)19-14(12)10-16-15(2,3)4/h9,16H,5-8,10-11H2,1-4H3. The van der Waals surface area contributed by atoms with Crippen LogP contribution in [0.5, 0.6) is 0 Å². The molecule has 20 heavy (non-hydrogen) atoms. The molecule has 2 rings (SSSR count). The summed E-state index contributed by atoms with van der Waals surface area (Å²) in [6, 6.07) is 2.13. The second-order valence-corrected chi connectivity index (χ2v) is 8.24. The van der Waals surface area contributed by atoms with Crippen molar-refractivity contribution in [2.45, 2.75) is 46.3 Å². The summed E-state index contributed by atoms with van der Waals surface area (Å²) in [5.74, 6) is 3.62. The zero-order valence-corrected chi connectivity index (χ0v) is 13.8. The average Bonchev–Trinajstić information content (AvgIpc) is 2.69. The van der Waals surface area contributed by atoms with E-state index in [1.807, 2.05) is 0 Å². The number of rotatable bonds is 4. The van der Waals surface area contributed by atoms with Gasteiger partial charge in [0.25, 0.3) is 0 Å². The van der Waals surface area contributed by atoms with Crippen LogP contribution >= 0.6 is 0 Å². The van der Waals surface area contributed by atoms with Gasteiger partial charge in [0.05, 0.1) is 13.1 Å². The fourth-order valence-corrected chi connectivity index (χ4v) is 3.37. The lowest BCUT2D eigenvalue weighted by molar-refractivity contribution is 0.260. The summed E-state index contributed by atoms with van der Waals surface area (Å²) in [6.45, 7) is 12.0. The Hall–Kier alpha value is -0.650. The third-order valence-electron chi connectivity index (χ3n) is 3.50. The molecule has 1 aliphatic rings. The molecule has 0 aromatic carbocycles. The maximum atomic E-state index is 11.4. The molecule has 0 unspecified atom stereocenters. The molecule has 0 saturated carbocycles. The fraction of sp³-hybridized carbons (Fsp3) is 0.733. The van der Waals surface area contributed by atoms with Crippen molar-refractivity contribution < 1.29 is 8.63 Å². The van der Waals surface area contributed by atoms with Crippen molar-refractivity contribution in [3.63, 3.8) is 0 Å². The summed E-state index contributed by atoms with van der Waals surface area (Å²) in [4.78, 5) is 2.32. The third kappa shape index (κ3) is 4.72. The van der Waals surface area contributed by atoms with Crippen LogP contribution in [0.1, 0.15) is 37.9 Å². The Morgan fingerprint density at radius 3 is 2.60 bits per heavy atom. The van der Waals surface area contributed by atoms with E-state index < -0.39 is 10.8 Å². The van der Waals surface area contributed by atoms with Gasteiger partial charge in [-0.05, 0) is 39.3 Å². The summed E-state index contributed by atoms with van der Waals surface area (Å²) in [5, 5.41) is 3.45. The number of nitrogens with one attached hydrogen (secondary N) is 1. The van der Waals surface area contributed by atoms with Gasteiger partial charge in [-0.25, -0.2) is 0 Å². The van der Waals surface area contributed by atoms with E-state index in [0.29, 0.717) is 0 Å². The molecule has 1 saturated heterocycles. The molecule has 1 N–H and O–H groups in total. The Labute approximate surface area is 124 Å². The van der Waals surface area contributed by atoms with Crippen molar-refractivity contribution in [2.75, 3.05) is 24.6 Å². The molecule has 0 amide bonds. The zero-order valence-electron chi connectivity index (χ0n) is 13.0. The molecule has 0 aliphatic carbocycles. The highest BCUT2D eigenvalue weighted by Gasteiger charge is 2.18. The Balaban J connectivity index is 1.91. The third-order valence-corrected chi connectivity index (χ3v) is 4.78. The van der Waals surface area contributed by atoms with Crippen molar-refractivity contribution in [1.82, 2.24) is 10.2 Å². The maximum Gasteiger partial charge on any atom is 0.120 e. The summed E-state index contributed by atoms with van der Waals surface area (Å²) >= 11 is 0. The monoisotopic (exact) mass is 298 g/mol. The Morgan fingerprint density at radius 1 is 1.35 bits per heavy atom. The van der Waals surface area contributed by atoms with E-state index in [0.717, 1.165) is 49.2 Å². The number of hydrogen-bond acceptors (Lipinski definition) is 4. The highest BCUT2D eigenvalue weighted by atomic mass is 32.2. The summed E-state index contributed by atoms with van der Waals surface area (Å²) in [7, 11) is -0.613. The first kappa shape index (κ1) is 15.7. The van der Waals surface area contributed by atoms with Gasteiger partial charge in [-0.15, -0.1) is 0 Å². The van der Waals surface area contributed by atoms with Crippen molar-refractivity contribution >= 4 is 10.8 Å². The highest BCUT2D eigenvalue weighted by molar-refractivity contribution is 7.85. The molecular formula is C15H26N2O2S. The first-order valence-corrected chi connectivity index (χ1v) is 8.73. The number of aryl methyl sites for hydroxylation is 1. The minimum atomic E-state index is -0.613. The van der Waals surface area contributed by atoms with Crippen LogP contribution in [0.4, 0.5) is 0 Å². The molecule has 1 aromatic heterocycles. The smallest absolute Gasteiger partial charge is 0.120 e. The topological polar surface area (TPSA) is 45.5 Å². The van der Waals surface area contributed by atoms with Crippen molar-refractivity contribution in [3.05, 3.63) is 23.2 Å². The Kier molecular flexibility index (Phi) is 5.04. The van der Waals surface area contributed by atoms with Gasteiger partial charge in [0.2, 0.25) is 0 Å². The van der Waals surface area contributed by atoms with Crippen LogP contribution in [0.25, 0.3) is 0 Å². The summed E-state index contributed by atoms with van der Waals surface area (Å²) in [5.41, 5.74) is 1.30. The van der Waals surface area contributed by atoms with Gasteiger partial charge < -0.3 is 9.73 Å². The van der Waals surface area contributed by atoms with Crippen LogP contribution in [0, 0.1) is 6.92 Å².